The first-order chi connectivity index (χ1) is 7.32. The highest BCUT2D eigenvalue weighted by atomic mass is 35.5. The topological polar surface area (TPSA) is 47.3 Å². The van der Waals surface area contributed by atoms with Crippen molar-refractivity contribution in [2.45, 2.75) is 64.2 Å². The smallest absolute Gasteiger partial charge is 0.0678 e. The molecule has 2 atom stereocenters. The molecule has 1 aliphatic heterocycles. The van der Waals surface area contributed by atoms with Crippen LogP contribution in [0.2, 0.25) is 0 Å². The zero-order chi connectivity index (χ0) is 12.4. The van der Waals surface area contributed by atoms with Crippen molar-refractivity contribution in [1.29, 1.82) is 0 Å². The molecule has 0 saturated carbocycles. The number of ether oxygens (including phenoxy) is 1. The number of rotatable bonds is 5. The van der Waals surface area contributed by atoms with Gasteiger partial charge in [0, 0.05) is 17.8 Å². The van der Waals surface area contributed by atoms with Crippen LogP contribution in [-0.2, 0) is 4.74 Å². The average Bonchev–Trinajstić information content (AvgIpc) is 2.36. The lowest BCUT2D eigenvalue weighted by Gasteiger charge is -2.32. The normalized spacial score (nSPS) is 29.2. The molecule has 0 amide bonds. The molecule has 16 heavy (non-hydrogen) atoms. The van der Waals surface area contributed by atoms with Crippen molar-refractivity contribution >= 4 is 11.6 Å². The fourth-order valence-electron chi connectivity index (χ4n) is 2.93. The quantitative estimate of drug-likeness (QED) is 0.446. The second-order valence-corrected chi connectivity index (χ2v) is 6.26. The lowest BCUT2D eigenvalue weighted by Crippen LogP contribution is -2.47. The second-order valence-electron chi connectivity index (χ2n) is 5.88. The Bertz CT molecular complexity index is 231. The highest BCUT2D eigenvalue weighted by Gasteiger charge is 2.48. The summed E-state index contributed by atoms with van der Waals surface area (Å²) in [6.07, 6.45) is 3.04. The minimum Gasteiger partial charge on any atom is -0.369 e. The molecule has 0 bridgehead atoms. The van der Waals surface area contributed by atoms with Crippen LogP contribution in [0.1, 0.15) is 47.0 Å². The van der Waals surface area contributed by atoms with Gasteiger partial charge in [-0.2, -0.15) is 0 Å². The molecule has 96 valence electrons. The molecule has 3 nitrogen and oxygen atoms in total. The van der Waals surface area contributed by atoms with Crippen molar-refractivity contribution in [3.8, 4) is 0 Å². The van der Waals surface area contributed by atoms with E-state index in [0.717, 1.165) is 19.3 Å². The third kappa shape index (κ3) is 3.33. The van der Waals surface area contributed by atoms with Gasteiger partial charge < -0.3 is 4.74 Å². The molecule has 0 aromatic carbocycles. The second kappa shape index (κ2) is 5.21. The maximum atomic E-state index is 6.08. The molecule has 1 fully saturated rings. The summed E-state index contributed by atoms with van der Waals surface area (Å²) in [6, 6.07) is 0.288. The molecule has 1 rings (SSSR count). The van der Waals surface area contributed by atoms with Crippen molar-refractivity contribution in [3.63, 3.8) is 0 Å². The maximum Gasteiger partial charge on any atom is 0.0678 e. The molecule has 0 aliphatic carbocycles. The van der Waals surface area contributed by atoms with E-state index in [0.29, 0.717) is 11.8 Å². The van der Waals surface area contributed by atoms with Crippen molar-refractivity contribution in [3.05, 3.63) is 0 Å². The van der Waals surface area contributed by atoms with Gasteiger partial charge in [-0.3, -0.25) is 11.3 Å². The maximum absolute atomic E-state index is 6.08. The zero-order valence-corrected chi connectivity index (χ0v) is 11.6. The monoisotopic (exact) mass is 248 g/mol. The molecule has 1 saturated heterocycles. The van der Waals surface area contributed by atoms with E-state index in [-0.39, 0.29) is 17.2 Å². The predicted molar refractivity (Wildman–Crippen MR) is 68.4 cm³/mol. The molecule has 1 heterocycles. The van der Waals surface area contributed by atoms with Gasteiger partial charge in [-0.25, -0.2) is 0 Å². The van der Waals surface area contributed by atoms with Crippen LogP contribution in [0, 0.1) is 5.92 Å². The molecule has 0 spiro atoms. The van der Waals surface area contributed by atoms with Gasteiger partial charge in [0.25, 0.3) is 0 Å². The molecule has 2 unspecified atom stereocenters. The average molecular weight is 249 g/mol. The lowest BCUT2D eigenvalue weighted by molar-refractivity contribution is -0.0779. The summed E-state index contributed by atoms with van der Waals surface area (Å²) >= 11 is 5.74. The molecule has 0 aromatic rings. The van der Waals surface area contributed by atoms with E-state index in [9.17, 15) is 0 Å². The van der Waals surface area contributed by atoms with E-state index in [2.05, 4.69) is 33.1 Å². The van der Waals surface area contributed by atoms with Gasteiger partial charge in [-0.15, -0.1) is 11.6 Å². The van der Waals surface area contributed by atoms with Gasteiger partial charge in [0.1, 0.15) is 0 Å². The fourth-order valence-corrected chi connectivity index (χ4v) is 3.08. The minimum absolute atomic E-state index is 0.0514. The molecular weight excluding hydrogens is 224 g/mol. The molecule has 3 N–H and O–H groups in total. The highest BCUT2D eigenvalue weighted by Crippen LogP contribution is 2.44. The Morgan fingerprint density at radius 3 is 2.44 bits per heavy atom. The number of hydrogen-bond donors (Lipinski definition) is 2. The van der Waals surface area contributed by atoms with Crippen LogP contribution in [0.25, 0.3) is 0 Å². The number of nitrogens with two attached hydrogens (primary N) is 1. The SMILES string of the molecule is CC1(C)CC(C(CCCCl)NN)C(C)(C)O1. The third-order valence-electron chi connectivity index (χ3n) is 3.49. The Morgan fingerprint density at radius 2 is 2.06 bits per heavy atom. The Hall–Kier alpha value is 0.170. The van der Waals surface area contributed by atoms with E-state index >= 15 is 0 Å². The Balaban J connectivity index is 2.69. The molecule has 0 aromatic heterocycles. The first-order valence-corrected chi connectivity index (χ1v) is 6.58. The van der Waals surface area contributed by atoms with Gasteiger partial charge >= 0.3 is 0 Å². The first kappa shape index (κ1) is 14.2. The van der Waals surface area contributed by atoms with Crippen LogP contribution in [0.4, 0.5) is 0 Å². The van der Waals surface area contributed by atoms with Crippen LogP contribution in [0.3, 0.4) is 0 Å². The lowest BCUT2D eigenvalue weighted by atomic mass is 9.80. The standard InChI is InChI=1S/C12H25ClN2O/c1-11(2)8-9(12(3,4)16-11)10(15-14)6-5-7-13/h9-10,15H,5-8,14H2,1-4H3. The van der Waals surface area contributed by atoms with E-state index < -0.39 is 0 Å². The van der Waals surface area contributed by atoms with Gasteiger partial charge in [0.15, 0.2) is 0 Å². The largest absolute Gasteiger partial charge is 0.369 e. The van der Waals surface area contributed by atoms with E-state index in [1.165, 1.54) is 0 Å². The first-order valence-electron chi connectivity index (χ1n) is 6.04. The predicted octanol–water partition coefficient (Wildman–Crippen LogP) is 2.43. The number of halogens is 1. The zero-order valence-electron chi connectivity index (χ0n) is 10.8. The van der Waals surface area contributed by atoms with Crippen LogP contribution in [0.5, 0.6) is 0 Å². The van der Waals surface area contributed by atoms with Crippen LogP contribution in [-0.4, -0.2) is 23.1 Å². The van der Waals surface area contributed by atoms with Crippen LogP contribution < -0.4 is 11.3 Å². The van der Waals surface area contributed by atoms with E-state index in [1.54, 1.807) is 0 Å². The van der Waals surface area contributed by atoms with E-state index in [1.807, 2.05) is 0 Å². The van der Waals surface area contributed by atoms with Crippen molar-refractivity contribution in [1.82, 2.24) is 5.43 Å². The molecule has 0 radical (unpaired) electrons. The summed E-state index contributed by atoms with van der Waals surface area (Å²) in [5.74, 6) is 6.78. The summed E-state index contributed by atoms with van der Waals surface area (Å²) in [5.41, 5.74) is 2.76. The minimum atomic E-state index is -0.118. The summed E-state index contributed by atoms with van der Waals surface area (Å²) in [7, 11) is 0. The van der Waals surface area contributed by atoms with Gasteiger partial charge in [0.05, 0.1) is 11.2 Å². The number of hydrogen-bond acceptors (Lipinski definition) is 3. The third-order valence-corrected chi connectivity index (χ3v) is 3.76. The Labute approximate surface area is 104 Å². The van der Waals surface area contributed by atoms with Crippen molar-refractivity contribution in [2.24, 2.45) is 11.8 Å². The van der Waals surface area contributed by atoms with Crippen molar-refractivity contribution < 1.29 is 4.74 Å². The summed E-state index contributed by atoms with van der Waals surface area (Å²) in [6.45, 7) is 8.59. The van der Waals surface area contributed by atoms with Crippen LogP contribution >= 0.6 is 11.6 Å². The molecule has 4 heteroatoms. The molecule has 1 aliphatic rings. The van der Waals surface area contributed by atoms with Gasteiger partial charge in [-0.05, 0) is 47.0 Å². The Kier molecular flexibility index (Phi) is 4.64. The number of hydrazine groups is 1. The van der Waals surface area contributed by atoms with Crippen molar-refractivity contribution in [2.75, 3.05) is 5.88 Å². The van der Waals surface area contributed by atoms with E-state index in [4.69, 9.17) is 22.2 Å². The number of alkyl halides is 1. The van der Waals surface area contributed by atoms with Gasteiger partial charge in [-0.1, -0.05) is 0 Å². The fraction of sp³-hybridized carbons (Fsp3) is 1.00. The highest BCUT2D eigenvalue weighted by molar-refractivity contribution is 6.17. The Morgan fingerprint density at radius 1 is 1.44 bits per heavy atom. The molecular formula is C12H25ClN2O. The summed E-state index contributed by atoms with van der Waals surface area (Å²) in [4.78, 5) is 0. The number of nitrogens with one attached hydrogen (secondary N) is 1. The van der Waals surface area contributed by atoms with Crippen LogP contribution in [0.15, 0.2) is 0 Å². The summed E-state index contributed by atoms with van der Waals surface area (Å²) < 4.78 is 6.08. The summed E-state index contributed by atoms with van der Waals surface area (Å²) in [5, 5.41) is 0. The van der Waals surface area contributed by atoms with Gasteiger partial charge in [0.2, 0.25) is 0 Å².